The van der Waals surface area contributed by atoms with E-state index in [4.69, 9.17) is 9.47 Å². The maximum Gasteiger partial charge on any atom is 0.313 e. The van der Waals surface area contributed by atoms with Gasteiger partial charge in [-0.25, -0.2) is 4.39 Å². The van der Waals surface area contributed by atoms with E-state index in [1.165, 1.54) is 0 Å². The molecule has 4 rings (SSSR count). The van der Waals surface area contributed by atoms with Crippen molar-refractivity contribution in [1.82, 2.24) is 0 Å². The number of benzene rings is 2. The number of carbonyl (C=O) groups is 1. The first-order chi connectivity index (χ1) is 15.5. The number of ether oxygens (including phenoxy) is 2. The number of hydrogen-bond donors (Lipinski definition) is 1. The largest absolute Gasteiger partial charge is 0.481 e. The van der Waals surface area contributed by atoms with E-state index in [1.54, 1.807) is 33.1 Å². The predicted octanol–water partition coefficient (Wildman–Crippen LogP) is 4.86. The van der Waals surface area contributed by atoms with Crippen LogP contribution in [0.2, 0.25) is 0 Å². The van der Waals surface area contributed by atoms with Gasteiger partial charge in [0.1, 0.15) is 18.2 Å². The zero-order valence-electron chi connectivity index (χ0n) is 19.3. The molecule has 0 aromatic heterocycles. The molecular weight excluding hydrogens is 443 g/mol. The Morgan fingerprint density at radius 2 is 1.97 bits per heavy atom. The van der Waals surface area contributed by atoms with Gasteiger partial charge in [-0.2, -0.15) is 0 Å². The van der Waals surface area contributed by atoms with Gasteiger partial charge in [0.2, 0.25) is 0 Å². The lowest BCUT2D eigenvalue weighted by atomic mass is 9.68. The third-order valence-electron chi connectivity index (χ3n) is 6.74. The number of alkyl halides is 1. The highest BCUT2D eigenvalue weighted by molar-refractivity contribution is 7.84. The van der Waals surface area contributed by atoms with Crippen LogP contribution in [0.25, 0.3) is 6.08 Å². The number of rotatable bonds is 6. The van der Waals surface area contributed by atoms with Gasteiger partial charge in [-0.3, -0.25) is 9.00 Å². The third-order valence-corrected chi connectivity index (χ3v) is 7.68. The highest BCUT2D eigenvalue weighted by atomic mass is 32.2. The minimum Gasteiger partial charge on any atom is -0.481 e. The fourth-order valence-corrected chi connectivity index (χ4v) is 5.46. The average molecular weight is 473 g/mol. The van der Waals surface area contributed by atoms with Crippen LogP contribution >= 0.6 is 0 Å². The molecule has 0 amide bonds. The molecule has 7 heteroatoms. The van der Waals surface area contributed by atoms with Crippen molar-refractivity contribution in [3.63, 3.8) is 0 Å². The summed E-state index contributed by atoms with van der Waals surface area (Å²) >= 11 is 0. The van der Waals surface area contributed by atoms with Gasteiger partial charge in [0.15, 0.2) is 5.79 Å². The van der Waals surface area contributed by atoms with E-state index in [0.29, 0.717) is 12.0 Å². The van der Waals surface area contributed by atoms with Crippen molar-refractivity contribution in [2.45, 2.75) is 56.6 Å². The molecule has 1 N–H and O–H groups in total. The Morgan fingerprint density at radius 3 is 2.52 bits per heavy atom. The van der Waals surface area contributed by atoms with E-state index in [-0.39, 0.29) is 6.61 Å². The summed E-state index contributed by atoms with van der Waals surface area (Å²) in [5.74, 6) is -2.30. The topological polar surface area (TPSA) is 72.8 Å². The Labute approximate surface area is 196 Å². The van der Waals surface area contributed by atoms with Gasteiger partial charge in [-0.05, 0) is 61.6 Å². The summed E-state index contributed by atoms with van der Waals surface area (Å²) < 4.78 is 36.9. The number of halogens is 1. The van der Waals surface area contributed by atoms with Crippen LogP contribution in [0.3, 0.4) is 0 Å². The molecule has 2 aromatic rings. The summed E-state index contributed by atoms with van der Waals surface area (Å²) in [4.78, 5) is 13.5. The molecule has 1 fully saturated rings. The summed E-state index contributed by atoms with van der Waals surface area (Å²) in [6.07, 6.45) is 3.48. The van der Waals surface area contributed by atoms with Crippen LogP contribution in [0, 0.1) is 5.41 Å². The van der Waals surface area contributed by atoms with Gasteiger partial charge >= 0.3 is 5.97 Å². The standard InChI is InChI=1S/C26H29FO5S/c1-25(2)31-15-22(32-25)26(3,24(28)29)23-19(11-16-5-8-20(9-6-16)33(4)30)13-18-12-17(14-27)7-10-21(18)23/h5-12,22-23H,13-15H2,1-4H3,(H,28,29)/b19-11-. The molecule has 1 aliphatic carbocycles. The molecule has 0 spiro atoms. The first-order valence-corrected chi connectivity index (χ1v) is 12.5. The van der Waals surface area contributed by atoms with Crippen molar-refractivity contribution in [2.75, 3.05) is 12.9 Å². The lowest BCUT2D eigenvalue weighted by Gasteiger charge is -2.37. The molecule has 4 unspecified atom stereocenters. The van der Waals surface area contributed by atoms with Crippen LogP contribution in [0.4, 0.5) is 4.39 Å². The third kappa shape index (κ3) is 4.42. The van der Waals surface area contributed by atoms with Crippen LogP contribution < -0.4 is 0 Å². The van der Waals surface area contributed by atoms with Gasteiger partial charge < -0.3 is 14.6 Å². The molecule has 2 aliphatic rings. The molecule has 0 radical (unpaired) electrons. The van der Waals surface area contributed by atoms with Gasteiger partial charge in [-0.1, -0.05) is 42.0 Å². The molecule has 33 heavy (non-hydrogen) atoms. The van der Waals surface area contributed by atoms with Gasteiger partial charge in [0.25, 0.3) is 0 Å². The van der Waals surface area contributed by atoms with Crippen LogP contribution in [0.5, 0.6) is 0 Å². The predicted molar refractivity (Wildman–Crippen MR) is 125 cm³/mol. The van der Waals surface area contributed by atoms with Crippen LogP contribution in [-0.4, -0.2) is 40.0 Å². The SMILES string of the molecule is CS(=O)c1ccc(/C=C2/Cc3cc(CF)ccc3C2C(C)(C(=O)O)C2COC(C)(C)O2)cc1. The van der Waals surface area contributed by atoms with Crippen LogP contribution in [-0.2, 0) is 38.2 Å². The Kier molecular flexibility index (Phi) is 6.33. The number of fused-ring (bicyclic) bond motifs is 1. The van der Waals surface area contributed by atoms with Crippen molar-refractivity contribution in [3.8, 4) is 0 Å². The van der Waals surface area contributed by atoms with Crippen molar-refractivity contribution < 1.29 is 28.0 Å². The number of aliphatic carboxylic acids is 1. The second-order valence-corrected chi connectivity index (χ2v) is 10.8. The highest BCUT2D eigenvalue weighted by Gasteiger charge is 2.56. The van der Waals surface area contributed by atoms with Gasteiger partial charge in [0, 0.05) is 27.9 Å². The Hall–Kier alpha value is -2.35. The smallest absolute Gasteiger partial charge is 0.313 e. The fourth-order valence-electron chi connectivity index (χ4n) is 4.94. The first kappa shape index (κ1) is 23.8. The summed E-state index contributed by atoms with van der Waals surface area (Å²) in [6.45, 7) is 4.87. The number of hydrogen-bond acceptors (Lipinski definition) is 4. The Balaban J connectivity index is 1.83. The molecule has 176 valence electrons. The van der Waals surface area contributed by atoms with Gasteiger partial charge in [0.05, 0.1) is 6.61 Å². The number of carboxylic acids is 1. The van der Waals surface area contributed by atoms with E-state index < -0.39 is 46.7 Å². The molecule has 1 aliphatic heterocycles. The second-order valence-electron chi connectivity index (χ2n) is 9.42. The highest BCUT2D eigenvalue weighted by Crippen LogP contribution is 2.53. The molecule has 2 aromatic carbocycles. The lowest BCUT2D eigenvalue weighted by Crippen LogP contribution is -2.46. The van der Waals surface area contributed by atoms with Crippen molar-refractivity contribution in [1.29, 1.82) is 0 Å². The minimum atomic E-state index is -1.30. The molecular formula is C26H29FO5S. The van der Waals surface area contributed by atoms with E-state index >= 15 is 0 Å². The Bertz CT molecular complexity index is 1120. The Morgan fingerprint density at radius 1 is 1.27 bits per heavy atom. The fraction of sp³-hybridized carbons (Fsp3) is 0.423. The zero-order chi connectivity index (χ0) is 24.0. The summed E-state index contributed by atoms with van der Waals surface area (Å²) in [5, 5.41) is 10.5. The lowest BCUT2D eigenvalue weighted by molar-refractivity contribution is -0.173. The molecule has 0 bridgehead atoms. The van der Waals surface area contributed by atoms with E-state index in [0.717, 1.165) is 27.2 Å². The van der Waals surface area contributed by atoms with Gasteiger partial charge in [-0.15, -0.1) is 0 Å². The van der Waals surface area contributed by atoms with Crippen LogP contribution in [0.1, 0.15) is 48.9 Å². The van der Waals surface area contributed by atoms with Crippen LogP contribution in [0.15, 0.2) is 52.9 Å². The molecule has 4 atom stereocenters. The maximum atomic E-state index is 13.4. The molecule has 5 nitrogen and oxygen atoms in total. The van der Waals surface area contributed by atoms with Crippen molar-refractivity contribution in [2.24, 2.45) is 5.41 Å². The summed E-state index contributed by atoms with van der Waals surface area (Å²) in [5.41, 5.74) is 2.89. The van der Waals surface area contributed by atoms with Crippen molar-refractivity contribution in [3.05, 3.63) is 70.3 Å². The van der Waals surface area contributed by atoms with E-state index in [1.807, 2.05) is 42.5 Å². The van der Waals surface area contributed by atoms with E-state index in [2.05, 4.69) is 0 Å². The summed E-state index contributed by atoms with van der Waals surface area (Å²) in [7, 11) is -1.08. The first-order valence-electron chi connectivity index (χ1n) is 10.9. The summed E-state index contributed by atoms with van der Waals surface area (Å²) in [6, 6.07) is 12.8. The van der Waals surface area contributed by atoms with Crippen molar-refractivity contribution >= 4 is 22.8 Å². The second kappa shape index (κ2) is 8.78. The monoisotopic (exact) mass is 472 g/mol. The zero-order valence-corrected chi connectivity index (χ0v) is 20.1. The number of carboxylic acid groups (broad SMARTS) is 1. The molecule has 1 saturated heterocycles. The maximum absolute atomic E-state index is 13.4. The minimum absolute atomic E-state index is 0.175. The average Bonchev–Trinajstić information content (AvgIpc) is 3.32. The number of allylic oxidation sites excluding steroid dienone is 1. The molecule has 1 heterocycles. The molecule has 0 saturated carbocycles. The van der Waals surface area contributed by atoms with E-state index in [9.17, 15) is 18.5 Å². The quantitative estimate of drug-likeness (QED) is 0.650. The normalized spacial score (nSPS) is 25.5.